The lowest BCUT2D eigenvalue weighted by atomic mass is 9.88. The van der Waals surface area contributed by atoms with Crippen LogP contribution in [0.1, 0.15) is 19.4 Å². The number of aliphatic hydroxyl groups excluding tert-OH is 2. The Balaban J connectivity index is 2.08. The van der Waals surface area contributed by atoms with Gasteiger partial charge in [0.05, 0.1) is 6.10 Å². The van der Waals surface area contributed by atoms with Gasteiger partial charge in [0.25, 0.3) is 0 Å². The van der Waals surface area contributed by atoms with E-state index in [-0.39, 0.29) is 25.2 Å². The Labute approximate surface area is 107 Å². The molecule has 0 aromatic heterocycles. The fourth-order valence-corrected chi connectivity index (χ4v) is 2.21. The molecule has 0 radical (unpaired) electrons. The van der Waals surface area contributed by atoms with Crippen molar-refractivity contribution in [3.05, 3.63) is 23.8 Å². The van der Waals surface area contributed by atoms with Crippen molar-refractivity contribution >= 4 is 0 Å². The number of hydrogen-bond acceptors (Lipinski definition) is 4. The quantitative estimate of drug-likeness (QED) is 0.835. The molecule has 2 N–H and O–H groups in total. The van der Waals surface area contributed by atoms with Crippen LogP contribution in [0.4, 0.5) is 0 Å². The second-order valence-electron chi connectivity index (χ2n) is 5.07. The van der Waals surface area contributed by atoms with Crippen LogP contribution in [0.3, 0.4) is 0 Å². The average Bonchev–Trinajstić information content (AvgIpc) is 2.82. The van der Waals surface area contributed by atoms with Crippen molar-refractivity contribution in [3.63, 3.8) is 0 Å². The molecule has 0 spiro atoms. The van der Waals surface area contributed by atoms with Gasteiger partial charge >= 0.3 is 0 Å². The van der Waals surface area contributed by atoms with Gasteiger partial charge in [0.2, 0.25) is 6.79 Å². The summed E-state index contributed by atoms with van der Waals surface area (Å²) in [6, 6.07) is 5.73. The molecule has 4 heteroatoms. The molecule has 0 saturated carbocycles. The zero-order chi connectivity index (χ0) is 13.1. The third-order valence-electron chi connectivity index (χ3n) is 3.34. The second kappa shape index (κ2) is 5.59. The highest BCUT2D eigenvalue weighted by Crippen LogP contribution is 2.33. The summed E-state index contributed by atoms with van der Waals surface area (Å²) >= 11 is 0. The van der Waals surface area contributed by atoms with E-state index in [9.17, 15) is 10.2 Å². The molecule has 1 aromatic carbocycles. The molecule has 0 unspecified atom stereocenters. The first kappa shape index (κ1) is 13.2. The van der Waals surface area contributed by atoms with Gasteiger partial charge in [-0.05, 0) is 30.0 Å². The molecular formula is C14H20O4. The van der Waals surface area contributed by atoms with Gasteiger partial charge in [-0.25, -0.2) is 0 Å². The van der Waals surface area contributed by atoms with E-state index in [1.54, 1.807) is 0 Å². The molecule has 18 heavy (non-hydrogen) atoms. The molecular weight excluding hydrogens is 232 g/mol. The predicted molar refractivity (Wildman–Crippen MR) is 67.7 cm³/mol. The van der Waals surface area contributed by atoms with Gasteiger partial charge < -0.3 is 19.7 Å². The summed E-state index contributed by atoms with van der Waals surface area (Å²) in [5, 5.41) is 19.4. The van der Waals surface area contributed by atoms with Crippen molar-refractivity contribution in [1.82, 2.24) is 0 Å². The van der Waals surface area contributed by atoms with E-state index in [0.717, 1.165) is 17.1 Å². The maximum absolute atomic E-state index is 10.0. The van der Waals surface area contributed by atoms with Gasteiger partial charge in [-0.3, -0.25) is 0 Å². The van der Waals surface area contributed by atoms with Gasteiger partial charge in [0.1, 0.15) is 0 Å². The Morgan fingerprint density at radius 1 is 1.22 bits per heavy atom. The van der Waals surface area contributed by atoms with E-state index < -0.39 is 6.10 Å². The largest absolute Gasteiger partial charge is 0.454 e. The SMILES string of the molecule is CC(C)[C@@H](O)[C@@H](CO)Cc1ccc2c(c1)OCO2. The Bertz CT molecular complexity index is 403. The normalized spacial score (nSPS) is 16.9. The first-order chi connectivity index (χ1) is 8.61. The molecule has 100 valence electrons. The Kier molecular flexibility index (Phi) is 4.09. The van der Waals surface area contributed by atoms with Crippen LogP contribution in [0.2, 0.25) is 0 Å². The zero-order valence-corrected chi connectivity index (χ0v) is 10.8. The molecule has 1 aromatic rings. The molecule has 1 aliphatic heterocycles. The minimum atomic E-state index is -0.500. The van der Waals surface area contributed by atoms with E-state index in [2.05, 4.69) is 0 Å². The highest BCUT2D eigenvalue weighted by molar-refractivity contribution is 5.44. The summed E-state index contributed by atoms with van der Waals surface area (Å²) in [5.41, 5.74) is 1.04. The second-order valence-corrected chi connectivity index (χ2v) is 5.07. The maximum atomic E-state index is 10.0. The van der Waals surface area contributed by atoms with Gasteiger partial charge in [-0.15, -0.1) is 0 Å². The highest BCUT2D eigenvalue weighted by Gasteiger charge is 2.23. The lowest BCUT2D eigenvalue weighted by Gasteiger charge is -2.24. The molecule has 1 aliphatic rings. The van der Waals surface area contributed by atoms with Crippen LogP contribution in [-0.4, -0.2) is 29.7 Å². The van der Waals surface area contributed by atoms with Gasteiger partial charge in [0, 0.05) is 12.5 Å². The lowest BCUT2D eigenvalue weighted by molar-refractivity contribution is 0.0340. The van der Waals surface area contributed by atoms with Crippen molar-refractivity contribution in [2.45, 2.75) is 26.4 Å². The number of hydrogen-bond donors (Lipinski definition) is 2. The Morgan fingerprint density at radius 3 is 2.61 bits per heavy atom. The monoisotopic (exact) mass is 252 g/mol. The summed E-state index contributed by atoms with van der Waals surface area (Å²) in [7, 11) is 0. The van der Waals surface area contributed by atoms with Gasteiger partial charge in [-0.2, -0.15) is 0 Å². The summed E-state index contributed by atoms with van der Waals surface area (Å²) in [6.45, 7) is 4.14. The fraction of sp³-hybridized carbons (Fsp3) is 0.571. The number of fused-ring (bicyclic) bond motifs is 1. The van der Waals surface area contributed by atoms with E-state index in [1.807, 2.05) is 32.0 Å². The Morgan fingerprint density at radius 2 is 1.94 bits per heavy atom. The minimum Gasteiger partial charge on any atom is -0.454 e. The molecule has 1 heterocycles. The molecule has 2 rings (SSSR count). The molecule has 4 nitrogen and oxygen atoms in total. The van der Waals surface area contributed by atoms with Crippen LogP contribution in [-0.2, 0) is 6.42 Å². The third-order valence-corrected chi connectivity index (χ3v) is 3.34. The maximum Gasteiger partial charge on any atom is 0.231 e. The number of aliphatic hydroxyl groups is 2. The molecule has 0 amide bonds. The topological polar surface area (TPSA) is 58.9 Å². The number of rotatable bonds is 5. The molecule has 2 atom stereocenters. The van der Waals surface area contributed by atoms with E-state index in [4.69, 9.17) is 9.47 Å². The summed E-state index contributed by atoms with van der Waals surface area (Å²) < 4.78 is 10.6. The number of ether oxygens (including phenoxy) is 2. The Hall–Kier alpha value is -1.26. The van der Waals surface area contributed by atoms with E-state index >= 15 is 0 Å². The summed E-state index contributed by atoms with van der Waals surface area (Å²) in [6.07, 6.45) is 0.132. The fourth-order valence-electron chi connectivity index (χ4n) is 2.21. The van der Waals surface area contributed by atoms with E-state index in [0.29, 0.717) is 6.42 Å². The molecule has 0 bridgehead atoms. The van der Waals surface area contributed by atoms with Crippen LogP contribution in [0.15, 0.2) is 18.2 Å². The highest BCUT2D eigenvalue weighted by atomic mass is 16.7. The summed E-state index contributed by atoms with van der Waals surface area (Å²) in [4.78, 5) is 0. The van der Waals surface area contributed by atoms with Crippen molar-refractivity contribution < 1.29 is 19.7 Å². The number of benzene rings is 1. The third kappa shape index (κ3) is 2.76. The van der Waals surface area contributed by atoms with Crippen LogP contribution >= 0.6 is 0 Å². The van der Waals surface area contributed by atoms with Crippen LogP contribution < -0.4 is 9.47 Å². The van der Waals surface area contributed by atoms with Crippen molar-refractivity contribution in [1.29, 1.82) is 0 Å². The van der Waals surface area contributed by atoms with Crippen molar-refractivity contribution in [2.24, 2.45) is 11.8 Å². The first-order valence-corrected chi connectivity index (χ1v) is 6.29. The minimum absolute atomic E-state index is 0.0201. The molecule has 0 fully saturated rings. The van der Waals surface area contributed by atoms with Crippen LogP contribution in [0, 0.1) is 11.8 Å². The van der Waals surface area contributed by atoms with Crippen molar-refractivity contribution in [3.8, 4) is 11.5 Å². The molecule has 0 saturated heterocycles. The van der Waals surface area contributed by atoms with Gasteiger partial charge in [0.15, 0.2) is 11.5 Å². The standard InChI is InChI=1S/C14H20O4/c1-9(2)14(16)11(7-15)5-10-3-4-12-13(6-10)18-8-17-12/h3-4,6,9,11,14-16H,5,7-8H2,1-2H3/t11-,14-/m1/s1. The zero-order valence-electron chi connectivity index (χ0n) is 10.8. The summed E-state index contributed by atoms with van der Waals surface area (Å²) in [5.74, 6) is 1.48. The van der Waals surface area contributed by atoms with Gasteiger partial charge in [-0.1, -0.05) is 19.9 Å². The van der Waals surface area contributed by atoms with Crippen molar-refractivity contribution in [2.75, 3.05) is 13.4 Å². The predicted octanol–water partition coefficient (Wildman–Crippen LogP) is 1.58. The lowest BCUT2D eigenvalue weighted by Crippen LogP contribution is -2.30. The first-order valence-electron chi connectivity index (χ1n) is 6.29. The van der Waals surface area contributed by atoms with Crippen LogP contribution in [0.5, 0.6) is 11.5 Å². The average molecular weight is 252 g/mol. The van der Waals surface area contributed by atoms with E-state index in [1.165, 1.54) is 0 Å². The smallest absolute Gasteiger partial charge is 0.231 e. The molecule has 0 aliphatic carbocycles. The van der Waals surface area contributed by atoms with Crippen LogP contribution in [0.25, 0.3) is 0 Å².